The highest BCUT2D eigenvalue weighted by atomic mass is 16.6. The van der Waals surface area contributed by atoms with Crippen molar-refractivity contribution in [3.05, 3.63) is 0 Å². The van der Waals surface area contributed by atoms with E-state index in [1.54, 1.807) is 0 Å². The van der Waals surface area contributed by atoms with Gasteiger partial charge in [0, 0.05) is 26.2 Å². The fourth-order valence-electron chi connectivity index (χ4n) is 6.46. The molecule has 0 heterocycles. The van der Waals surface area contributed by atoms with Crippen molar-refractivity contribution >= 4 is 54.6 Å². The van der Waals surface area contributed by atoms with Crippen molar-refractivity contribution in [1.82, 2.24) is 21.3 Å². The van der Waals surface area contributed by atoms with Crippen LogP contribution in [0.25, 0.3) is 0 Å². The molecule has 4 amide bonds. The van der Waals surface area contributed by atoms with E-state index in [-0.39, 0.29) is 26.4 Å². The molecule has 16 nitrogen and oxygen atoms in total. The van der Waals surface area contributed by atoms with Crippen LogP contribution >= 0.6 is 0 Å². The zero-order chi connectivity index (χ0) is 53.4. The Kier molecular flexibility index (Phi) is 29.2. The van der Waals surface area contributed by atoms with Gasteiger partial charge in [-0.05, 0) is 162 Å². The molecule has 0 aromatic rings. The van der Waals surface area contributed by atoms with Crippen molar-refractivity contribution in [1.29, 1.82) is 0 Å². The van der Waals surface area contributed by atoms with Gasteiger partial charge >= 0.3 is 0 Å². The monoisotopic (exact) mass is 973 g/mol. The van der Waals surface area contributed by atoms with Gasteiger partial charge in [0.25, 0.3) is 0 Å². The molecular formula is C49H92B4N4O12. The summed E-state index contributed by atoms with van der Waals surface area (Å²) in [6, 6.07) is 0. The van der Waals surface area contributed by atoms with Crippen molar-refractivity contribution < 1.29 is 57.1 Å². The lowest BCUT2D eigenvalue weighted by atomic mass is 9.89. The number of carbonyl (C=O) groups is 4. The minimum atomic E-state index is -0.842. The molecule has 20 heteroatoms. The zero-order valence-corrected chi connectivity index (χ0v) is 45.9. The lowest BCUT2D eigenvalue weighted by molar-refractivity contribution is -0.197. The summed E-state index contributed by atoms with van der Waals surface area (Å²) >= 11 is 0. The van der Waals surface area contributed by atoms with Crippen LogP contribution in [0, 0.1) is 5.41 Å². The summed E-state index contributed by atoms with van der Waals surface area (Å²) in [7, 11) is 21.1. The van der Waals surface area contributed by atoms with E-state index in [2.05, 4.69) is 21.3 Å². The third-order valence-corrected chi connectivity index (χ3v) is 12.0. The molecule has 0 bridgehead atoms. The highest BCUT2D eigenvalue weighted by Gasteiger charge is 2.41. The number of ether oxygens (including phenoxy) is 8. The molecule has 0 spiro atoms. The van der Waals surface area contributed by atoms with Crippen molar-refractivity contribution in [2.45, 2.75) is 207 Å². The normalized spacial score (nSPS) is 13.6. The molecule has 8 radical (unpaired) electrons. The van der Waals surface area contributed by atoms with Gasteiger partial charge in [0.2, 0.25) is 0 Å². The van der Waals surface area contributed by atoms with Crippen LogP contribution in [0.2, 0.25) is 0 Å². The van der Waals surface area contributed by atoms with Crippen LogP contribution in [0.1, 0.15) is 162 Å². The van der Waals surface area contributed by atoms with Crippen molar-refractivity contribution in [3.8, 4) is 0 Å². The van der Waals surface area contributed by atoms with E-state index >= 15 is 0 Å². The van der Waals surface area contributed by atoms with Crippen LogP contribution in [-0.4, -0.2) is 178 Å². The van der Waals surface area contributed by atoms with Gasteiger partial charge in [-0.25, -0.2) is 0 Å². The van der Waals surface area contributed by atoms with E-state index in [4.69, 9.17) is 69.3 Å². The number of nitrogens with one attached hydrogen (secondary N) is 4. The first kappa shape index (κ1) is 66.8. The summed E-state index contributed by atoms with van der Waals surface area (Å²) in [4.78, 5) is 45.0. The van der Waals surface area contributed by atoms with Crippen molar-refractivity contribution in [2.24, 2.45) is 5.41 Å². The minimum absolute atomic E-state index is 0.206. The van der Waals surface area contributed by atoms with Gasteiger partial charge in [0.05, 0.1) is 103 Å². The van der Waals surface area contributed by atoms with Crippen molar-refractivity contribution in [3.63, 3.8) is 0 Å². The molecule has 0 aromatic carbocycles. The Morgan fingerprint density at radius 3 is 0.609 bits per heavy atom. The predicted octanol–water partition coefficient (Wildman–Crippen LogP) is 6.97. The predicted molar refractivity (Wildman–Crippen MR) is 276 cm³/mol. The summed E-state index contributed by atoms with van der Waals surface area (Å²) in [5.74, 6) is -2.31. The van der Waals surface area contributed by atoms with Crippen molar-refractivity contribution in [2.75, 3.05) is 79.0 Å². The molecule has 0 aliphatic rings. The molecule has 0 atom stereocenters. The summed E-state index contributed by atoms with van der Waals surface area (Å²) in [5.41, 5.74) is -5.51. The Labute approximate surface area is 423 Å². The van der Waals surface area contributed by atoms with Crippen LogP contribution in [0.5, 0.6) is 0 Å². The number of rotatable bonds is 40. The Hall–Kier alpha value is -2.18. The SMILES string of the molecule is [B]C(=O)NCCC(C)(C)OCCC(C)(C)OCC(COC(C)(C)CCOC(C)(C)CCNC([B])=O)(COC(C)(C)CCOC(C)(C)CCNC([B])=O)COC(C)(C)CCOC(C)(C)CCNC([B])=O. The Morgan fingerprint density at radius 1 is 0.290 bits per heavy atom. The molecule has 69 heavy (non-hydrogen) atoms. The van der Waals surface area contributed by atoms with Crippen LogP contribution < -0.4 is 21.3 Å². The topological polar surface area (TPSA) is 190 Å². The summed E-state index contributed by atoms with van der Waals surface area (Å²) in [6.45, 7) is 36.0. The van der Waals surface area contributed by atoms with Crippen LogP contribution in [0.3, 0.4) is 0 Å². The average Bonchev–Trinajstić information content (AvgIpc) is 3.15. The molecule has 0 saturated heterocycles. The van der Waals surface area contributed by atoms with Gasteiger partial charge in [-0.15, -0.1) is 0 Å². The standard InChI is InChI=1S/C49H92B4N4O12/c1-41(2,17-25-54-37(50)58)62-29-21-45(9,10)66-33-49(34-67-46(11,12)22-30-63-42(3,4)18-26-55-38(51)59,35-68-47(13,14)23-31-64-43(5,6)19-27-56-39(52)60)36-69-48(15,16)24-32-65-44(7,8)20-28-57-40(53)61/h17-36H2,1-16H3,(H,54,58)(H,55,59)(H,56,60)(H,57,61). The summed E-state index contributed by atoms with van der Waals surface area (Å²) in [6.07, 6.45) is 4.56. The molecule has 0 aliphatic carbocycles. The third-order valence-electron chi connectivity index (χ3n) is 12.0. The lowest BCUT2D eigenvalue weighted by Crippen LogP contribution is -2.49. The number of carbonyl (C=O) groups excluding carboxylic acids is 4. The van der Waals surface area contributed by atoms with Gasteiger partial charge < -0.3 is 59.2 Å². The lowest BCUT2D eigenvalue weighted by Gasteiger charge is -2.42. The van der Waals surface area contributed by atoms with E-state index < -0.39 is 73.4 Å². The maximum atomic E-state index is 11.3. The van der Waals surface area contributed by atoms with E-state index in [0.29, 0.717) is 104 Å². The Bertz CT molecular complexity index is 1310. The Balaban J connectivity index is 6.66. The third kappa shape index (κ3) is 36.4. The van der Waals surface area contributed by atoms with Gasteiger partial charge in [-0.2, -0.15) is 0 Å². The second kappa shape index (κ2) is 30.1. The quantitative estimate of drug-likeness (QED) is 0.0463. The van der Waals surface area contributed by atoms with E-state index in [0.717, 1.165) is 0 Å². The number of hydrogen-bond acceptors (Lipinski definition) is 12. The average molecular weight is 973 g/mol. The molecular weight excluding hydrogens is 880 g/mol. The zero-order valence-electron chi connectivity index (χ0n) is 45.9. The van der Waals surface area contributed by atoms with Gasteiger partial charge in [0.1, 0.15) is 0 Å². The molecule has 4 N–H and O–H groups in total. The van der Waals surface area contributed by atoms with Gasteiger partial charge in [0.15, 0.2) is 54.6 Å². The highest BCUT2D eigenvalue weighted by Crippen LogP contribution is 2.33. The van der Waals surface area contributed by atoms with Gasteiger partial charge in [-0.3, -0.25) is 19.2 Å². The maximum Gasteiger partial charge on any atom is 0.200 e. The molecule has 0 aliphatic heterocycles. The summed E-state index contributed by atoms with van der Waals surface area (Å²) in [5, 5.41) is 10.5. The molecule has 0 saturated carbocycles. The van der Waals surface area contributed by atoms with Gasteiger partial charge in [-0.1, -0.05) is 0 Å². The molecule has 0 aromatic heterocycles. The second-order valence-electron chi connectivity index (χ2n) is 23.3. The largest absolute Gasteiger partial charge is 0.375 e. The van der Waals surface area contributed by atoms with Crippen LogP contribution in [0.4, 0.5) is 19.2 Å². The van der Waals surface area contributed by atoms with E-state index in [9.17, 15) is 19.2 Å². The second-order valence-corrected chi connectivity index (χ2v) is 23.3. The fourth-order valence-corrected chi connectivity index (χ4v) is 6.46. The number of amides is 4. The fraction of sp³-hybridized carbons (Fsp3) is 0.918. The first-order valence-electron chi connectivity index (χ1n) is 24.6. The molecule has 0 unspecified atom stereocenters. The highest BCUT2D eigenvalue weighted by molar-refractivity contribution is 6.57. The molecule has 392 valence electrons. The van der Waals surface area contributed by atoms with E-state index in [1.165, 1.54) is 0 Å². The number of hydrogen-bond donors (Lipinski definition) is 4. The first-order chi connectivity index (χ1) is 31.3. The smallest absolute Gasteiger partial charge is 0.200 e. The summed E-state index contributed by atoms with van der Waals surface area (Å²) < 4.78 is 52.6. The first-order valence-corrected chi connectivity index (χ1v) is 24.6. The van der Waals surface area contributed by atoms with Crippen LogP contribution in [0.15, 0.2) is 0 Å². The minimum Gasteiger partial charge on any atom is -0.375 e. The van der Waals surface area contributed by atoms with E-state index in [1.807, 2.05) is 111 Å². The maximum absolute atomic E-state index is 11.3. The van der Waals surface area contributed by atoms with Crippen LogP contribution in [-0.2, 0) is 37.9 Å². The molecule has 0 fully saturated rings. The Morgan fingerprint density at radius 2 is 0.449 bits per heavy atom. The molecule has 0 rings (SSSR count).